The first-order valence-electron chi connectivity index (χ1n) is 7.65. The van der Waals surface area contributed by atoms with Crippen LogP contribution in [-0.2, 0) is 4.74 Å². The van der Waals surface area contributed by atoms with Crippen LogP contribution in [0, 0.1) is 20.8 Å². The van der Waals surface area contributed by atoms with Crippen LogP contribution in [0.25, 0.3) is 11.1 Å². The van der Waals surface area contributed by atoms with Gasteiger partial charge in [-0.25, -0.2) is 9.78 Å². The highest BCUT2D eigenvalue weighted by Gasteiger charge is 2.20. The van der Waals surface area contributed by atoms with Gasteiger partial charge in [0, 0.05) is 5.69 Å². The number of carbonyl (C=O) groups is 1. The second-order valence-corrected chi connectivity index (χ2v) is 5.44. The van der Waals surface area contributed by atoms with Crippen LogP contribution in [-0.4, -0.2) is 27.7 Å². The molecule has 0 spiro atoms. The molecule has 2 heterocycles. The number of aryl methyl sites for hydroxylation is 2. The van der Waals surface area contributed by atoms with Crippen LogP contribution in [0.1, 0.15) is 34.4 Å². The van der Waals surface area contributed by atoms with Crippen molar-refractivity contribution in [1.29, 1.82) is 0 Å². The second-order valence-electron chi connectivity index (χ2n) is 5.44. The minimum Gasteiger partial charge on any atom is -0.460 e. The Morgan fingerprint density at radius 3 is 2.79 bits per heavy atom. The van der Waals surface area contributed by atoms with Crippen molar-refractivity contribution < 1.29 is 14.1 Å². The Morgan fingerprint density at radius 2 is 2.04 bits per heavy atom. The summed E-state index contributed by atoms with van der Waals surface area (Å²) < 4.78 is 10.2. The van der Waals surface area contributed by atoms with E-state index in [0.29, 0.717) is 16.9 Å². The molecule has 0 aliphatic heterocycles. The van der Waals surface area contributed by atoms with E-state index in [4.69, 9.17) is 9.26 Å². The van der Waals surface area contributed by atoms with E-state index >= 15 is 0 Å². The van der Waals surface area contributed by atoms with E-state index in [1.54, 1.807) is 13.8 Å². The molecular formula is C17H18N4O3. The third-order valence-corrected chi connectivity index (χ3v) is 3.82. The lowest BCUT2D eigenvalue weighted by atomic mass is 10.1. The fourth-order valence-electron chi connectivity index (χ4n) is 2.38. The van der Waals surface area contributed by atoms with Gasteiger partial charge in [-0.2, -0.15) is 4.98 Å². The highest BCUT2D eigenvalue weighted by atomic mass is 16.5. The van der Waals surface area contributed by atoms with Crippen molar-refractivity contribution in [2.24, 2.45) is 0 Å². The zero-order chi connectivity index (χ0) is 17.3. The summed E-state index contributed by atoms with van der Waals surface area (Å²) in [6, 6.07) is 5.93. The van der Waals surface area contributed by atoms with Crippen molar-refractivity contribution >= 4 is 28.6 Å². The maximum Gasteiger partial charge on any atom is 0.376 e. The van der Waals surface area contributed by atoms with Crippen molar-refractivity contribution in [2.45, 2.75) is 27.7 Å². The molecule has 0 bridgehead atoms. The van der Waals surface area contributed by atoms with Gasteiger partial charge in [-0.3, -0.25) is 0 Å². The number of hydrogen-bond acceptors (Lipinski definition) is 7. The first-order chi connectivity index (χ1) is 11.5. The first kappa shape index (κ1) is 15.9. The van der Waals surface area contributed by atoms with Crippen LogP contribution in [0.4, 0.5) is 11.5 Å². The van der Waals surface area contributed by atoms with Crippen LogP contribution in [0.15, 0.2) is 22.7 Å². The Hall–Kier alpha value is -2.96. The average molecular weight is 326 g/mol. The molecule has 1 N–H and O–H groups in total. The highest BCUT2D eigenvalue weighted by molar-refractivity contribution is 5.94. The Morgan fingerprint density at radius 1 is 1.25 bits per heavy atom. The highest BCUT2D eigenvalue weighted by Crippen LogP contribution is 2.29. The molecule has 3 rings (SSSR count). The van der Waals surface area contributed by atoms with Gasteiger partial charge < -0.3 is 14.6 Å². The van der Waals surface area contributed by atoms with Gasteiger partial charge in [0.2, 0.25) is 5.82 Å². The van der Waals surface area contributed by atoms with Crippen molar-refractivity contribution in [3.8, 4) is 0 Å². The molecule has 0 radical (unpaired) electrons. The maximum atomic E-state index is 12.0. The van der Waals surface area contributed by atoms with E-state index in [1.807, 2.05) is 32.0 Å². The minimum absolute atomic E-state index is 0.0618. The monoisotopic (exact) mass is 326 g/mol. The van der Waals surface area contributed by atoms with E-state index in [2.05, 4.69) is 20.4 Å². The number of rotatable bonds is 4. The number of anilines is 2. The number of carbonyl (C=O) groups excluding carboxylic acids is 1. The topological polar surface area (TPSA) is 90.1 Å². The van der Waals surface area contributed by atoms with Crippen LogP contribution >= 0.6 is 0 Å². The number of fused-ring (bicyclic) bond motifs is 1. The average Bonchev–Trinajstić information content (AvgIpc) is 2.93. The van der Waals surface area contributed by atoms with Crippen molar-refractivity contribution in [1.82, 2.24) is 15.1 Å². The zero-order valence-electron chi connectivity index (χ0n) is 14.0. The van der Waals surface area contributed by atoms with Gasteiger partial charge >= 0.3 is 5.97 Å². The molecule has 0 saturated carbocycles. The Bertz CT molecular complexity index is 918. The van der Waals surface area contributed by atoms with E-state index in [0.717, 1.165) is 16.8 Å². The van der Waals surface area contributed by atoms with Gasteiger partial charge in [-0.1, -0.05) is 17.3 Å². The predicted molar refractivity (Wildman–Crippen MR) is 89.5 cm³/mol. The molecule has 1 aromatic carbocycles. The lowest BCUT2D eigenvalue weighted by Crippen LogP contribution is -2.11. The van der Waals surface area contributed by atoms with E-state index < -0.39 is 5.97 Å². The van der Waals surface area contributed by atoms with E-state index in [9.17, 15) is 4.79 Å². The summed E-state index contributed by atoms with van der Waals surface area (Å²) in [4.78, 5) is 20.4. The lowest BCUT2D eigenvalue weighted by Gasteiger charge is -2.12. The summed E-state index contributed by atoms with van der Waals surface area (Å²) >= 11 is 0. The van der Waals surface area contributed by atoms with Gasteiger partial charge in [0.25, 0.3) is 5.71 Å². The molecule has 0 aliphatic carbocycles. The van der Waals surface area contributed by atoms with Crippen molar-refractivity contribution in [3.63, 3.8) is 0 Å². The molecule has 2 aromatic heterocycles. The number of nitrogens with zero attached hydrogens (tertiary/aromatic N) is 3. The molecule has 7 nitrogen and oxygen atoms in total. The van der Waals surface area contributed by atoms with Crippen LogP contribution in [0.3, 0.4) is 0 Å². The summed E-state index contributed by atoms with van der Waals surface area (Å²) in [6.45, 7) is 7.82. The normalized spacial score (nSPS) is 10.8. The molecule has 24 heavy (non-hydrogen) atoms. The zero-order valence-corrected chi connectivity index (χ0v) is 14.0. The molecule has 0 saturated heterocycles. The Balaban J connectivity index is 2.12. The number of ether oxygens (including phenoxy) is 1. The fraction of sp³-hybridized carbons (Fsp3) is 0.294. The predicted octanol–water partition coefficient (Wildman–Crippen LogP) is 3.46. The molecule has 0 fully saturated rings. The SMILES string of the molecule is CCOC(=O)c1nc(Nc2cccc(C)c2C)c2c(C)noc2n1. The molecule has 0 aliphatic rings. The van der Waals surface area contributed by atoms with Crippen LogP contribution < -0.4 is 5.32 Å². The Labute approximate surface area is 139 Å². The van der Waals surface area contributed by atoms with Gasteiger partial charge in [0.1, 0.15) is 11.2 Å². The molecule has 3 aromatic rings. The van der Waals surface area contributed by atoms with E-state index in [-0.39, 0.29) is 18.1 Å². The van der Waals surface area contributed by atoms with Crippen molar-refractivity contribution in [3.05, 3.63) is 40.8 Å². The molecule has 0 atom stereocenters. The van der Waals surface area contributed by atoms with Crippen molar-refractivity contribution in [2.75, 3.05) is 11.9 Å². The van der Waals surface area contributed by atoms with Gasteiger partial charge in [-0.15, -0.1) is 0 Å². The summed E-state index contributed by atoms with van der Waals surface area (Å²) in [6.07, 6.45) is 0. The first-order valence-corrected chi connectivity index (χ1v) is 7.65. The third kappa shape index (κ3) is 2.80. The van der Waals surface area contributed by atoms with Gasteiger partial charge in [0.15, 0.2) is 0 Å². The minimum atomic E-state index is -0.600. The number of hydrogen-bond donors (Lipinski definition) is 1. The third-order valence-electron chi connectivity index (χ3n) is 3.82. The fourth-order valence-corrected chi connectivity index (χ4v) is 2.38. The van der Waals surface area contributed by atoms with E-state index in [1.165, 1.54) is 0 Å². The lowest BCUT2D eigenvalue weighted by molar-refractivity contribution is 0.0512. The summed E-state index contributed by atoms with van der Waals surface area (Å²) in [7, 11) is 0. The quantitative estimate of drug-likeness (QED) is 0.734. The van der Waals surface area contributed by atoms with Gasteiger partial charge in [-0.05, 0) is 44.9 Å². The summed E-state index contributed by atoms with van der Waals surface area (Å²) in [5.41, 5.74) is 4.03. The van der Waals surface area contributed by atoms with Crippen LogP contribution in [0.2, 0.25) is 0 Å². The standard InChI is InChI=1S/C17H18N4O3/c1-5-23-17(22)15-19-14(13-11(4)21-24-16(13)20-15)18-12-8-6-7-9(2)10(12)3/h6-8H,5H2,1-4H3,(H,18,19,20). The maximum absolute atomic E-state index is 12.0. The Kier molecular flexibility index (Phi) is 4.16. The smallest absolute Gasteiger partial charge is 0.376 e. The molecule has 124 valence electrons. The number of esters is 1. The number of aromatic nitrogens is 3. The largest absolute Gasteiger partial charge is 0.460 e. The van der Waals surface area contributed by atoms with Gasteiger partial charge in [0.05, 0.1) is 12.3 Å². The second kappa shape index (κ2) is 6.27. The number of nitrogens with one attached hydrogen (secondary N) is 1. The number of benzene rings is 1. The summed E-state index contributed by atoms with van der Waals surface area (Å²) in [5.74, 6) is -0.193. The molecule has 7 heteroatoms. The summed E-state index contributed by atoms with van der Waals surface area (Å²) in [5, 5.41) is 7.82. The molecule has 0 unspecified atom stereocenters. The van der Waals surface area contributed by atoms with Crippen LogP contribution in [0.5, 0.6) is 0 Å². The molecule has 0 amide bonds. The molecular weight excluding hydrogens is 308 g/mol.